The van der Waals surface area contributed by atoms with Gasteiger partial charge in [-0.05, 0) is 80.5 Å². The van der Waals surface area contributed by atoms with Crippen molar-refractivity contribution in [2.24, 2.45) is 5.41 Å². The van der Waals surface area contributed by atoms with Gasteiger partial charge in [0.05, 0.1) is 17.5 Å². The molecule has 5 rings (SSSR count). The molecular weight excluding hydrogens is 405 g/mol. The van der Waals surface area contributed by atoms with E-state index < -0.39 is 11.6 Å². The number of rotatable bonds is 4. The minimum Gasteiger partial charge on any atom is -0.395 e. The molecule has 0 saturated heterocycles. The van der Waals surface area contributed by atoms with Gasteiger partial charge >= 0.3 is 0 Å². The minimum absolute atomic E-state index is 0.0194. The highest BCUT2D eigenvalue weighted by atomic mass is 19.1. The lowest BCUT2D eigenvalue weighted by atomic mass is 9.92. The molecule has 2 aromatic carbocycles. The summed E-state index contributed by atoms with van der Waals surface area (Å²) in [6.45, 7) is 1.79. The smallest absolute Gasteiger partial charge is 0.228 e. The van der Waals surface area contributed by atoms with Crippen molar-refractivity contribution >= 4 is 16.8 Å². The van der Waals surface area contributed by atoms with Crippen LogP contribution >= 0.6 is 0 Å². The maximum absolute atomic E-state index is 13.7. The normalized spacial score (nSPS) is 16.9. The average molecular weight is 430 g/mol. The van der Waals surface area contributed by atoms with Gasteiger partial charge in [0.1, 0.15) is 17.5 Å². The Morgan fingerprint density at radius 1 is 1.13 bits per heavy atom. The number of aliphatic hydroxyl groups is 1. The lowest BCUT2D eigenvalue weighted by Crippen LogP contribution is -2.44. The molecule has 7 heteroatoms. The van der Waals surface area contributed by atoms with Gasteiger partial charge in [-0.2, -0.15) is 0 Å². The third-order valence-electron chi connectivity index (χ3n) is 6.30. The Bertz CT molecular complexity index is 1100. The molecular formula is C24H25F3N2O2. The summed E-state index contributed by atoms with van der Waals surface area (Å²) in [4.78, 5) is 14.4. The number of hydrogen-bond acceptors (Lipinski definition) is 2. The number of aromatic nitrogens is 1. The van der Waals surface area contributed by atoms with E-state index >= 15 is 0 Å². The third-order valence-corrected chi connectivity index (χ3v) is 6.30. The van der Waals surface area contributed by atoms with Crippen molar-refractivity contribution in [1.29, 1.82) is 0 Å². The first-order valence-corrected chi connectivity index (χ1v) is 10.5. The van der Waals surface area contributed by atoms with Crippen LogP contribution in [-0.2, 0) is 4.79 Å². The summed E-state index contributed by atoms with van der Waals surface area (Å²) in [5, 5.41) is 12.4. The van der Waals surface area contributed by atoms with Crippen LogP contribution in [0, 0.1) is 29.8 Å². The molecule has 1 amide bonds. The van der Waals surface area contributed by atoms with Gasteiger partial charge in [0.25, 0.3) is 0 Å². The van der Waals surface area contributed by atoms with Crippen molar-refractivity contribution in [3.8, 4) is 11.3 Å². The number of hydrogen-bond donors (Lipinski definition) is 3. The summed E-state index contributed by atoms with van der Waals surface area (Å²) in [5.41, 5.74) is 2.02. The fourth-order valence-electron chi connectivity index (χ4n) is 3.75. The zero-order valence-electron chi connectivity index (χ0n) is 17.3. The molecule has 0 radical (unpaired) electrons. The Morgan fingerprint density at radius 2 is 1.81 bits per heavy atom. The number of fused-ring (bicyclic) bond motifs is 1. The molecule has 2 saturated carbocycles. The predicted octanol–water partition coefficient (Wildman–Crippen LogP) is 4.99. The van der Waals surface area contributed by atoms with E-state index in [0.717, 1.165) is 42.9 Å². The molecule has 3 aromatic rings. The zero-order chi connectivity index (χ0) is 22.2. The summed E-state index contributed by atoms with van der Waals surface area (Å²) in [5.74, 6) is -1.51. The number of nitrogens with one attached hydrogen (secondary N) is 2. The highest BCUT2D eigenvalue weighted by Gasteiger charge is 2.49. The minimum atomic E-state index is -0.633. The molecule has 0 bridgehead atoms. The number of aliphatic hydroxyl groups excluding tert-OH is 1. The second-order valence-electron chi connectivity index (χ2n) is 8.48. The standard InChI is InChI=1S/C15H10F3N.C9H15NO2/c1-8-12-6-11(17)7-13(18)15(12)19-14(8)9-2-4-10(16)5-3-9;11-6-9(4-5-9)8(12)10-7-2-1-3-7/h2-7,19H,1H3;7,11H,1-6H2,(H,10,12). The molecule has 0 unspecified atom stereocenters. The summed E-state index contributed by atoms with van der Waals surface area (Å²) >= 11 is 0. The van der Waals surface area contributed by atoms with Gasteiger partial charge in [-0.15, -0.1) is 0 Å². The van der Waals surface area contributed by atoms with E-state index in [1.165, 1.54) is 24.6 Å². The Hall–Kier alpha value is -2.80. The van der Waals surface area contributed by atoms with Crippen LogP contribution in [0.5, 0.6) is 0 Å². The summed E-state index contributed by atoms with van der Waals surface area (Å²) < 4.78 is 39.8. The Morgan fingerprint density at radius 3 is 2.35 bits per heavy atom. The largest absolute Gasteiger partial charge is 0.395 e. The number of carbonyl (C=O) groups is 1. The molecule has 0 spiro atoms. The Balaban J connectivity index is 0.000000166. The van der Waals surface area contributed by atoms with Crippen molar-refractivity contribution in [3.63, 3.8) is 0 Å². The van der Waals surface area contributed by atoms with Crippen molar-refractivity contribution in [2.45, 2.75) is 45.1 Å². The Kier molecular flexibility index (Phi) is 5.79. The van der Waals surface area contributed by atoms with Gasteiger partial charge in [0.15, 0.2) is 0 Å². The number of carbonyl (C=O) groups excluding carboxylic acids is 1. The van der Waals surface area contributed by atoms with E-state index in [1.807, 2.05) is 0 Å². The lowest BCUT2D eigenvalue weighted by molar-refractivity contribution is -0.129. The molecule has 2 aliphatic carbocycles. The topological polar surface area (TPSA) is 65.1 Å². The highest BCUT2D eigenvalue weighted by Crippen LogP contribution is 2.45. The van der Waals surface area contributed by atoms with Crippen LogP contribution in [0.4, 0.5) is 13.2 Å². The van der Waals surface area contributed by atoms with E-state index in [2.05, 4.69) is 10.3 Å². The van der Waals surface area contributed by atoms with Crippen LogP contribution in [-0.4, -0.2) is 28.6 Å². The monoisotopic (exact) mass is 430 g/mol. The summed E-state index contributed by atoms with van der Waals surface area (Å²) in [6, 6.07) is 8.39. The van der Waals surface area contributed by atoms with Crippen LogP contribution < -0.4 is 5.32 Å². The van der Waals surface area contributed by atoms with Crippen LogP contribution in [0.1, 0.15) is 37.7 Å². The molecule has 0 aliphatic heterocycles. The van der Waals surface area contributed by atoms with Crippen molar-refractivity contribution in [1.82, 2.24) is 10.3 Å². The molecule has 1 heterocycles. The number of H-pyrrole nitrogens is 1. The van der Waals surface area contributed by atoms with Crippen molar-refractivity contribution in [3.05, 3.63) is 59.4 Å². The quantitative estimate of drug-likeness (QED) is 0.546. The predicted molar refractivity (Wildman–Crippen MR) is 113 cm³/mol. The maximum Gasteiger partial charge on any atom is 0.228 e. The SMILES string of the molecule is Cc1c(-c2ccc(F)cc2)[nH]c2c(F)cc(F)cc12.O=C(NC1CCC1)C1(CO)CC1. The fraction of sp³-hybridized carbons (Fsp3) is 0.375. The highest BCUT2D eigenvalue weighted by molar-refractivity contribution is 5.91. The van der Waals surface area contributed by atoms with Gasteiger partial charge in [-0.3, -0.25) is 4.79 Å². The lowest BCUT2D eigenvalue weighted by Gasteiger charge is -2.28. The van der Waals surface area contributed by atoms with Gasteiger partial charge in [0, 0.05) is 23.2 Å². The number of aryl methyl sites for hydroxylation is 1. The van der Waals surface area contributed by atoms with Crippen LogP contribution in [0.25, 0.3) is 22.2 Å². The average Bonchev–Trinajstić information content (AvgIpc) is 3.45. The van der Waals surface area contributed by atoms with Gasteiger partial charge in [-0.25, -0.2) is 13.2 Å². The molecule has 2 aliphatic rings. The van der Waals surface area contributed by atoms with E-state index in [-0.39, 0.29) is 29.3 Å². The van der Waals surface area contributed by atoms with Gasteiger partial charge < -0.3 is 15.4 Å². The maximum atomic E-state index is 13.7. The van der Waals surface area contributed by atoms with E-state index in [1.54, 1.807) is 19.1 Å². The molecule has 31 heavy (non-hydrogen) atoms. The molecule has 3 N–H and O–H groups in total. The van der Waals surface area contributed by atoms with E-state index in [0.29, 0.717) is 17.1 Å². The number of halogens is 3. The van der Waals surface area contributed by atoms with Crippen molar-refractivity contribution < 1.29 is 23.1 Å². The third kappa shape index (κ3) is 4.32. The molecule has 2 fully saturated rings. The second-order valence-corrected chi connectivity index (χ2v) is 8.48. The van der Waals surface area contributed by atoms with E-state index in [4.69, 9.17) is 5.11 Å². The summed E-state index contributed by atoms with van der Waals surface area (Å²) in [7, 11) is 0. The van der Waals surface area contributed by atoms with Crippen LogP contribution in [0.2, 0.25) is 0 Å². The van der Waals surface area contributed by atoms with Gasteiger partial charge in [-0.1, -0.05) is 0 Å². The first-order chi connectivity index (χ1) is 14.8. The first kappa shape index (κ1) is 21.4. The fourth-order valence-corrected chi connectivity index (χ4v) is 3.75. The molecule has 164 valence electrons. The zero-order valence-corrected chi connectivity index (χ0v) is 17.3. The second kappa shape index (κ2) is 8.38. The molecule has 4 nitrogen and oxygen atoms in total. The van der Waals surface area contributed by atoms with Crippen molar-refractivity contribution in [2.75, 3.05) is 6.61 Å². The summed E-state index contributed by atoms with van der Waals surface area (Å²) in [6.07, 6.45) is 5.20. The van der Waals surface area contributed by atoms with E-state index in [9.17, 15) is 18.0 Å². The molecule has 0 atom stereocenters. The van der Waals surface area contributed by atoms with Crippen LogP contribution in [0.3, 0.4) is 0 Å². The van der Waals surface area contributed by atoms with Gasteiger partial charge in [0.2, 0.25) is 5.91 Å². The molecule has 1 aromatic heterocycles. The number of benzene rings is 2. The first-order valence-electron chi connectivity index (χ1n) is 10.5. The number of amides is 1. The Labute approximate surface area is 178 Å². The van der Waals surface area contributed by atoms with Crippen LogP contribution in [0.15, 0.2) is 36.4 Å². The number of aromatic amines is 1.